The van der Waals surface area contributed by atoms with Crippen molar-refractivity contribution in [1.29, 1.82) is 0 Å². The van der Waals surface area contributed by atoms with Crippen LogP contribution in [0.25, 0.3) is 0 Å². The van der Waals surface area contributed by atoms with Crippen LogP contribution < -0.4 is 36.8 Å². The molecule has 19 heteroatoms. The molecule has 59 heavy (non-hydrogen) atoms. The zero-order valence-electron chi connectivity index (χ0n) is 32.9. The normalized spacial score (nSPS) is 18.0. The summed E-state index contributed by atoms with van der Waals surface area (Å²) in [5.74, 6) is -0.942. The second-order valence-electron chi connectivity index (χ2n) is 13.8. The maximum atomic E-state index is 13.4. The molecular weight excluding hydrogens is 870 g/mol. The van der Waals surface area contributed by atoms with E-state index in [1.54, 1.807) is 81.4 Å². The van der Waals surface area contributed by atoms with Gasteiger partial charge < -0.3 is 51.2 Å². The number of halogens is 5. The van der Waals surface area contributed by atoms with Gasteiger partial charge in [0.1, 0.15) is 44.0 Å². The van der Waals surface area contributed by atoms with Crippen molar-refractivity contribution in [3.63, 3.8) is 0 Å². The molecule has 2 saturated heterocycles. The van der Waals surface area contributed by atoms with E-state index in [0.29, 0.717) is 50.7 Å². The standard InChI is InChI=1S/C40H46Cl3N6O8.2ClH/c1-27(50)47-15-17-48(18-16-47)32-8-10-33(11-9-32)53-23-34-24-55-40(57-34,35-12-7-30(41)19-36(35)43)25-46-13-14-49(26-46)28(2)56-39(52)45(4)37-20-31(42)6-5-29(37)22-54-38(51)21-44-3;;/h5-14,19-20,26,28,34,44H,15-18,21-25H2,1-4H3;2*1H/q+1;;/p-1. The summed E-state index contributed by atoms with van der Waals surface area (Å²) in [5.41, 5.74) is 2.68. The minimum absolute atomic E-state index is 0. The minimum Gasteiger partial charge on any atom is -1.00 e. The number of benzene rings is 3. The van der Waals surface area contributed by atoms with Crippen molar-refractivity contribution in [3.05, 3.63) is 106 Å². The van der Waals surface area contributed by atoms with E-state index in [1.165, 1.54) is 4.90 Å². The van der Waals surface area contributed by atoms with Crippen molar-refractivity contribution < 1.29 is 55.0 Å². The summed E-state index contributed by atoms with van der Waals surface area (Å²) >= 11 is 19.3. The number of esters is 1. The van der Waals surface area contributed by atoms with Gasteiger partial charge in [-0.25, -0.2) is 9.36 Å². The molecule has 2 fully saturated rings. The maximum absolute atomic E-state index is 13.4. The summed E-state index contributed by atoms with van der Waals surface area (Å²) in [5, 5.41) is 4.00. The highest BCUT2D eigenvalue weighted by molar-refractivity contribution is 6.35. The van der Waals surface area contributed by atoms with Crippen molar-refractivity contribution in [2.75, 3.05) is 69.8 Å². The second kappa shape index (κ2) is 21.5. The van der Waals surface area contributed by atoms with E-state index >= 15 is 0 Å². The number of anilines is 2. The fourth-order valence-corrected chi connectivity index (χ4v) is 7.36. The summed E-state index contributed by atoms with van der Waals surface area (Å²) in [6.45, 7) is 6.94. The van der Waals surface area contributed by atoms with Crippen molar-refractivity contribution in [1.82, 2.24) is 14.8 Å². The molecule has 3 aromatic carbocycles. The smallest absolute Gasteiger partial charge is 0.417 e. The summed E-state index contributed by atoms with van der Waals surface area (Å²) in [4.78, 5) is 42.5. The zero-order valence-corrected chi connectivity index (χ0v) is 36.8. The van der Waals surface area contributed by atoms with E-state index in [1.807, 2.05) is 39.9 Å². The largest absolute Gasteiger partial charge is 1.00 e. The van der Waals surface area contributed by atoms with E-state index < -0.39 is 30.2 Å². The summed E-state index contributed by atoms with van der Waals surface area (Å²) in [6, 6.07) is 18.0. The number of imidazole rings is 1. The number of hydrogen-bond acceptors (Lipinski definition) is 10. The lowest BCUT2D eigenvalue weighted by Gasteiger charge is -2.35. The molecule has 14 nitrogen and oxygen atoms in total. The lowest BCUT2D eigenvalue weighted by molar-refractivity contribution is -0.720. The predicted molar refractivity (Wildman–Crippen MR) is 222 cm³/mol. The first kappa shape index (κ1) is 47.7. The van der Waals surface area contributed by atoms with Gasteiger partial charge >= 0.3 is 12.1 Å². The average molecular weight is 917 g/mol. The molecule has 0 spiro atoms. The number of aromatic nitrogens is 2. The van der Waals surface area contributed by atoms with Crippen molar-refractivity contribution in [3.8, 4) is 5.75 Å². The number of carbonyl (C=O) groups excluding carboxylic acids is 3. The van der Waals surface area contributed by atoms with Crippen LogP contribution in [0, 0.1) is 0 Å². The van der Waals surface area contributed by atoms with Gasteiger partial charge in [-0.3, -0.25) is 14.5 Å². The molecule has 1 aromatic heterocycles. The lowest BCUT2D eigenvalue weighted by atomic mass is 10.1. The number of amides is 2. The first-order chi connectivity index (χ1) is 27.3. The van der Waals surface area contributed by atoms with Crippen LogP contribution in [0.2, 0.25) is 15.1 Å². The summed E-state index contributed by atoms with van der Waals surface area (Å²) < 4.78 is 33.9. The van der Waals surface area contributed by atoms with Gasteiger partial charge in [-0.05, 0) is 55.6 Å². The molecule has 0 aliphatic carbocycles. The van der Waals surface area contributed by atoms with Gasteiger partial charge in [-0.1, -0.05) is 46.9 Å². The maximum Gasteiger partial charge on any atom is 0.417 e. The highest BCUT2D eigenvalue weighted by Crippen LogP contribution is 2.40. The second-order valence-corrected chi connectivity index (χ2v) is 15.0. The van der Waals surface area contributed by atoms with Crippen LogP contribution in [0.4, 0.5) is 16.2 Å². The Bertz CT molecular complexity index is 2050. The molecule has 2 amide bonds. The molecule has 3 atom stereocenters. The van der Waals surface area contributed by atoms with Gasteiger partial charge in [-0.2, -0.15) is 4.57 Å². The minimum atomic E-state index is -1.29. The number of hydrogen-bond donors (Lipinski definition) is 1. The van der Waals surface area contributed by atoms with E-state index in [2.05, 4.69) is 10.2 Å². The molecule has 320 valence electrons. The van der Waals surface area contributed by atoms with Crippen LogP contribution in [0.15, 0.2) is 79.4 Å². The molecule has 4 aromatic rings. The molecule has 0 bridgehead atoms. The monoisotopic (exact) mass is 914 g/mol. The van der Waals surface area contributed by atoms with Crippen LogP contribution >= 0.6 is 47.2 Å². The van der Waals surface area contributed by atoms with Crippen LogP contribution in [0.5, 0.6) is 5.75 Å². The van der Waals surface area contributed by atoms with Gasteiger partial charge in [0.25, 0.3) is 0 Å². The average Bonchev–Trinajstić information content (AvgIpc) is 3.84. The highest BCUT2D eigenvalue weighted by Gasteiger charge is 2.47. The molecule has 3 heterocycles. The fraction of sp³-hybridized carbons (Fsp3) is 0.400. The number of ether oxygens (including phenoxy) is 5. The lowest BCUT2D eigenvalue weighted by Crippen LogP contribution is -3.00. The molecule has 2 aliphatic heterocycles. The van der Waals surface area contributed by atoms with Gasteiger partial charge in [0.15, 0.2) is 0 Å². The van der Waals surface area contributed by atoms with Gasteiger partial charge in [-0.15, -0.1) is 12.4 Å². The number of likely N-dealkylation sites (N-methyl/N-ethyl adjacent to an activating group) is 1. The molecule has 0 saturated carbocycles. The van der Waals surface area contributed by atoms with E-state index in [9.17, 15) is 14.4 Å². The Morgan fingerprint density at radius 1 is 1.02 bits per heavy atom. The third-order valence-corrected chi connectivity index (χ3v) is 10.5. The quantitative estimate of drug-likeness (QED) is 0.149. The van der Waals surface area contributed by atoms with Crippen LogP contribution in [-0.4, -0.2) is 93.6 Å². The van der Waals surface area contributed by atoms with Gasteiger partial charge in [0, 0.05) is 73.9 Å². The van der Waals surface area contributed by atoms with E-state index in [-0.39, 0.29) is 63.6 Å². The predicted octanol–water partition coefficient (Wildman–Crippen LogP) is 3.23. The van der Waals surface area contributed by atoms with E-state index in [0.717, 1.165) is 18.8 Å². The fourth-order valence-electron chi connectivity index (χ4n) is 6.65. The molecule has 6 rings (SSSR count). The number of carbonyl (C=O) groups is 3. The molecular formula is C40H47Cl5N6O8. The number of piperazine rings is 1. The SMILES string of the molecule is CNCC(=O)OCc1ccc(Cl)cc1N(C)C(=O)OC(C)n1cc[n+](CC2(c3ccc(Cl)cc3Cl)OCC(COc3ccc(N4CCN(C(C)=O)CC4)cc3)O2)c1.Cl.[Cl-]. The summed E-state index contributed by atoms with van der Waals surface area (Å²) in [6.07, 6.45) is 3.54. The number of rotatable bonds is 14. The number of nitrogens with one attached hydrogen (secondary N) is 1. The molecule has 1 N–H and O–H groups in total. The Kier molecular flexibility index (Phi) is 17.4. The Morgan fingerprint density at radius 3 is 2.39 bits per heavy atom. The first-order valence-electron chi connectivity index (χ1n) is 18.4. The third kappa shape index (κ3) is 12.1. The van der Waals surface area contributed by atoms with Crippen molar-refractivity contribution in [2.24, 2.45) is 0 Å². The topological polar surface area (TPSA) is 128 Å². The van der Waals surface area contributed by atoms with Crippen LogP contribution in [0.3, 0.4) is 0 Å². The van der Waals surface area contributed by atoms with Crippen LogP contribution in [0.1, 0.15) is 31.2 Å². The van der Waals surface area contributed by atoms with Crippen LogP contribution in [-0.2, 0) is 47.5 Å². The Balaban J connectivity index is 0.00000384. The Morgan fingerprint density at radius 2 is 1.71 bits per heavy atom. The van der Waals surface area contributed by atoms with Gasteiger partial charge in [0.2, 0.25) is 24.2 Å². The number of nitrogens with zero attached hydrogens (tertiary/aromatic N) is 5. The zero-order chi connectivity index (χ0) is 40.7. The Hall–Kier alpha value is -3.99. The van der Waals surface area contributed by atoms with Crippen molar-refractivity contribution >= 4 is 76.6 Å². The highest BCUT2D eigenvalue weighted by atomic mass is 35.5. The first-order valence-corrected chi connectivity index (χ1v) is 19.6. The molecule has 3 unspecified atom stereocenters. The molecule has 2 aliphatic rings. The van der Waals surface area contributed by atoms with E-state index in [4.69, 9.17) is 58.5 Å². The Labute approximate surface area is 370 Å². The molecule has 0 radical (unpaired) electrons. The third-order valence-electron chi connectivity index (χ3n) is 9.75. The van der Waals surface area contributed by atoms with Gasteiger partial charge in [0.05, 0.1) is 23.9 Å². The summed E-state index contributed by atoms with van der Waals surface area (Å²) in [7, 11) is 3.20. The van der Waals surface area contributed by atoms with Crippen molar-refractivity contribution in [2.45, 2.75) is 45.1 Å².